The summed E-state index contributed by atoms with van der Waals surface area (Å²) in [5.41, 5.74) is 3.33. The van der Waals surface area contributed by atoms with E-state index in [4.69, 9.17) is 10.4 Å². The molecule has 0 amide bonds. The number of hydrogen-bond acceptors (Lipinski definition) is 4. The van der Waals surface area contributed by atoms with Gasteiger partial charge in [0.05, 0.1) is 5.69 Å². The second-order valence-corrected chi connectivity index (χ2v) is 7.66. The van der Waals surface area contributed by atoms with Crippen molar-refractivity contribution in [1.82, 2.24) is 9.97 Å². The Hall–Kier alpha value is -1.71. The lowest BCUT2D eigenvalue weighted by atomic mass is 9.79. The Bertz CT molecular complexity index is 598. The van der Waals surface area contributed by atoms with Crippen molar-refractivity contribution < 1.29 is 0 Å². The van der Waals surface area contributed by atoms with E-state index in [0.717, 1.165) is 42.4 Å². The van der Waals surface area contributed by atoms with Crippen molar-refractivity contribution in [2.75, 3.05) is 5.32 Å². The number of rotatable bonds is 8. The molecule has 2 aliphatic carbocycles. The van der Waals surface area contributed by atoms with E-state index >= 15 is 0 Å². The summed E-state index contributed by atoms with van der Waals surface area (Å²) >= 11 is 0. The standard InChI is InChI=1S/C21H32N4/c1-2-7-17(14-16-8-6-9-16)19(15-22)20-12-13-23-21(25-20)24-18-10-4-3-5-11-18/h12-13,15-16,18,22H,2-11,14H2,1H3,(H,23,24,25)/b19-17-,22-15?. The fraction of sp³-hybridized carbons (Fsp3) is 0.667. The van der Waals surface area contributed by atoms with Crippen LogP contribution in [0.4, 0.5) is 5.95 Å². The van der Waals surface area contributed by atoms with Crippen LogP contribution in [0.2, 0.25) is 0 Å². The maximum absolute atomic E-state index is 7.99. The third kappa shape index (κ3) is 4.90. The quantitative estimate of drug-likeness (QED) is 0.604. The molecule has 0 bridgehead atoms. The van der Waals surface area contributed by atoms with Gasteiger partial charge in [0.15, 0.2) is 0 Å². The highest BCUT2D eigenvalue weighted by Crippen LogP contribution is 2.35. The average Bonchev–Trinajstić information content (AvgIpc) is 2.60. The summed E-state index contributed by atoms with van der Waals surface area (Å²) in [6, 6.07) is 2.46. The van der Waals surface area contributed by atoms with Crippen molar-refractivity contribution in [2.24, 2.45) is 5.92 Å². The third-order valence-corrected chi connectivity index (χ3v) is 5.71. The lowest BCUT2D eigenvalue weighted by Crippen LogP contribution is -2.23. The minimum atomic E-state index is 0.501. The number of aromatic nitrogens is 2. The lowest BCUT2D eigenvalue weighted by Gasteiger charge is -2.27. The molecule has 25 heavy (non-hydrogen) atoms. The van der Waals surface area contributed by atoms with Crippen LogP contribution in [-0.2, 0) is 0 Å². The number of nitrogens with one attached hydrogen (secondary N) is 2. The summed E-state index contributed by atoms with van der Waals surface area (Å²) < 4.78 is 0. The fourth-order valence-corrected chi connectivity index (χ4v) is 4.06. The van der Waals surface area contributed by atoms with E-state index in [1.807, 2.05) is 12.3 Å². The van der Waals surface area contributed by atoms with Gasteiger partial charge in [-0.1, -0.05) is 57.4 Å². The normalized spacial score (nSPS) is 19.9. The summed E-state index contributed by atoms with van der Waals surface area (Å²) in [7, 11) is 0. The smallest absolute Gasteiger partial charge is 0.223 e. The van der Waals surface area contributed by atoms with Gasteiger partial charge in [0, 0.05) is 24.0 Å². The summed E-state index contributed by atoms with van der Waals surface area (Å²) in [6.45, 7) is 2.22. The summed E-state index contributed by atoms with van der Waals surface area (Å²) in [5.74, 6) is 1.54. The van der Waals surface area contributed by atoms with Crippen molar-refractivity contribution in [3.05, 3.63) is 23.5 Å². The Kier molecular flexibility index (Phi) is 6.60. The lowest BCUT2D eigenvalue weighted by molar-refractivity contribution is 0.311. The van der Waals surface area contributed by atoms with Gasteiger partial charge in [0.1, 0.15) is 0 Å². The van der Waals surface area contributed by atoms with E-state index in [0.29, 0.717) is 6.04 Å². The van der Waals surface area contributed by atoms with Gasteiger partial charge in [-0.2, -0.15) is 0 Å². The zero-order valence-electron chi connectivity index (χ0n) is 15.6. The fourth-order valence-electron chi connectivity index (χ4n) is 4.06. The Balaban J connectivity index is 1.79. The number of anilines is 1. The van der Waals surface area contributed by atoms with Crippen LogP contribution in [-0.4, -0.2) is 22.2 Å². The SMILES string of the molecule is CCC/C(CC1CCC1)=C(\C=N)c1ccnc(NC2CCCCC2)n1. The molecule has 0 spiro atoms. The molecule has 4 nitrogen and oxygen atoms in total. The highest BCUT2D eigenvalue weighted by Gasteiger charge is 2.21. The number of hydrogen-bond donors (Lipinski definition) is 2. The van der Waals surface area contributed by atoms with Gasteiger partial charge < -0.3 is 10.7 Å². The molecule has 4 heteroatoms. The molecule has 1 aromatic heterocycles. The molecule has 3 rings (SSSR count). The van der Waals surface area contributed by atoms with Crippen LogP contribution in [0, 0.1) is 11.3 Å². The molecule has 0 aromatic carbocycles. The number of allylic oxidation sites excluding steroid dienone is 2. The maximum atomic E-state index is 7.99. The first-order valence-electron chi connectivity index (χ1n) is 10.1. The first kappa shape index (κ1) is 18.1. The Morgan fingerprint density at radius 2 is 2.00 bits per heavy atom. The van der Waals surface area contributed by atoms with Crippen LogP contribution in [0.3, 0.4) is 0 Å². The predicted octanol–water partition coefficient (Wildman–Crippen LogP) is 5.61. The van der Waals surface area contributed by atoms with Gasteiger partial charge in [-0.3, -0.25) is 0 Å². The first-order valence-corrected chi connectivity index (χ1v) is 10.1. The molecule has 2 N–H and O–H groups in total. The molecule has 136 valence electrons. The summed E-state index contributed by atoms with van der Waals surface area (Å²) in [4.78, 5) is 9.18. The van der Waals surface area contributed by atoms with E-state index in [9.17, 15) is 0 Å². The number of nitrogens with zero attached hydrogens (tertiary/aromatic N) is 2. The molecule has 0 aliphatic heterocycles. The van der Waals surface area contributed by atoms with Crippen LogP contribution >= 0.6 is 0 Å². The van der Waals surface area contributed by atoms with Crippen molar-refractivity contribution in [1.29, 1.82) is 5.41 Å². The van der Waals surface area contributed by atoms with E-state index in [-0.39, 0.29) is 0 Å². The zero-order valence-corrected chi connectivity index (χ0v) is 15.6. The minimum Gasteiger partial charge on any atom is -0.351 e. The highest BCUT2D eigenvalue weighted by atomic mass is 15.1. The van der Waals surface area contributed by atoms with E-state index in [1.165, 1.54) is 63.2 Å². The van der Waals surface area contributed by atoms with Crippen molar-refractivity contribution in [3.8, 4) is 0 Å². The molecule has 2 saturated carbocycles. The molecule has 0 saturated heterocycles. The molecule has 0 radical (unpaired) electrons. The van der Waals surface area contributed by atoms with Gasteiger partial charge in [0.25, 0.3) is 0 Å². The molecule has 1 heterocycles. The third-order valence-electron chi connectivity index (χ3n) is 5.71. The molecular formula is C21H32N4. The Morgan fingerprint density at radius 3 is 2.64 bits per heavy atom. The van der Waals surface area contributed by atoms with Crippen LogP contribution in [0.25, 0.3) is 5.57 Å². The topological polar surface area (TPSA) is 61.7 Å². The van der Waals surface area contributed by atoms with E-state index < -0.39 is 0 Å². The van der Waals surface area contributed by atoms with Crippen LogP contribution in [0.1, 0.15) is 83.2 Å². The molecule has 2 aliphatic rings. The van der Waals surface area contributed by atoms with Gasteiger partial charge >= 0.3 is 0 Å². The summed E-state index contributed by atoms with van der Waals surface area (Å²) in [5, 5.41) is 11.5. The second-order valence-electron chi connectivity index (χ2n) is 7.66. The van der Waals surface area contributed by atoms with Gasteiger partial charge in [-0.25, -0.2) is 9.97 Å². The van der Waals surface area contributed by atoms with Gasteiger partial charge in [-0.05, 0) is 37.7 Å². The van der Waals surface area contributed by atoms with Crippen LogP contribution < -0.4 is 5.32 Å². The molecule has 1 aromatic rings. The average molecular weight is 341 g/mol. The maximum Gasteiger partial charge on any atom is 0.223 e. The monoisotopic (exact) mass is 340 g/mol. The zero-order chi connectivity index (χ0) is 17.5. The Morgan fingerprint density at radius 1 is 1.20 bits per heavy atom. The molecular weight excluding hydrogens is 308 g/mol. The first-order chi connectivity index (χ1) is 12.3. The van der Waals surface area contributed by atoms with E-state index in [1.54, 1.807) is 0 Å². The van der Waals surface area contributed by atoms with Crippen LogP contribution in [0.5, 0.6) is 0 Å². The van der Waals surface area contributed by atoms with Gasteiger partial charge in [0.2, 0.25) is 5.95 Å². The minimum absolute atomic E-state index is 0.501. The highest BCUT2D eigenvalue weighted by molar-refractivity contribution is 6.08. The molecule has 0 unspecified atom stereocenters. The van der Waals surface area contributed by atoms with E-state index in [2.05, 4.69) is 17.2 Å². The summed E-state index contributed by atoms with van der Waals surface area (Å²) in [6.07, 6.45) is 17.1. The van der Waals surface area contributed by atoms with Crippen LogP contribution in [0.15, 0.2) is 17.8 Å². The predicted molar refractivity (Wildman–Crippen MR) is 105 cm³/mol. The molecule has 2 fully saturated rings. The largest absolute Gasteiger partial charge is 0.351 e. The second kappa shape index (κ2) is 9.12. The Labute approximate surface area is 152 Å². The van der Waals surface area contributed by atoms with Crippen molar-refractivity contribution in [3.63, 3.8) is 0 Å². The van der Waals surface area contributed by atoms with Crippen molar-refractivity contribution in [2.45, 2.75) is 83.6 Å². The molecule has 0 atom stereocenters. The van der Waals surface area contributed by atoms with Crippen molar-refractivity contribution >= 4 is 17.7 Å². The van der Waals surface area contributed by atoms with Gasteiger partial charge in [-0.15, -0.1) is 0 Å².